The molecule has 0 amide bonds. The molecule has 1 atom stereocenters. The molecule has 2 aliphatic heterocycles. The normalized spacial score (nSPS) is 19.2. The van der Waals surface area contributed by atoms with Crippen LogP contribution < -0.4 is 20.4 Å². The van der Waals surface area contributed by atoms with Crippen molar-refractivity contribution in [2.75, 3.05) is 54.5 Å². The number of piperidine rings is 1. The van der Waals surface area contributed by atoms with Gasteiger partial charge in [0.25, 0.3) is 0 Å². The van der Waals surface area contributed by atoms with Gasteiger partial charge in [-0.05, 0) is 42.6 Å². The van der Waals surface area contributed by atoms with Gasteiger partial charge in [0.2, 0.25) is 5.95 Å². The largest absolute Gasteiger partial charge is 0.378 e. The Bertz CT molecular complexity index is 907. The van der Waals surface area contributed by atoms with Crippen molar-refractivity contribution >= 4 is 46.5 Å². The summed E-state index contributed by atoms with van der Waals surface area (Å²) in [6, 6.07) is 9.81. The first-order valence-electron chi connectivity index (χ1n) is 10.8. The van der Waals surface area contributed by atoms with Crippen LogP contribution in [0.3, 0.4) is 0 Å². The lowest BCUT2D eigenvalue weighted by atomic mass is 10.0. The van der Waals surface area contributed by atoms with Crippen molar-refractivity contribution in [3.63, 3.8) is 0 Å². The molecular weight excluding hydrogens is 432 g/mol. The quantitative estimate of drug-likeness (QED) is 0.655. The number of morpholine rings is 1. The van der Waals surface area contributed by atoms with E-state index in [-0.39, 0.29) is 0 Å². The highest BCUT2D eigenvalue weighted by Gasteiger charge is 2.21. The molecule has 2 saturated heterocycles. The number of ether oxygens (including phenoxy) is 1. The fourth-order valence-electron chi connectivity index (χ4n) is 3.95. The molecule has 2 fully saturated rings. The van der Waals surface area contributed by atoms with Crippen molar-refractivity contribution in [1.29, 1.82) is 0 Å². The molecule has 3 heterocycles. The number of halogens is 1. The van der Waals surface area contributed by atoms with E-state index in [4.69, 9.17) is 38.5 Å². The average molecular weight is 461 g/mol. The molecule has 0 radical (unpaired) electrons. The highest BCUT2D eigenvalue weighted by atomic mass is 35.5. The standard InChI is InChI=1S/C22H29ClN6OS/c1-16-5-4-8-29(15-16)20-13-19(28-9-11-30-12-10-28)25-21(26-20)27-22(31)24-14-17-6-2-3-7-18(17)23/h2-3,6-7,13,16H,4-5,8-12,14-15H2,1H3,(H2,24,25,26,27,31)/t16-/m1/s1. The van der Waals surface area contributed by atoms with E-state index >= 15 is 0 Å². The van der Waals surface area contributed by atoms with Crippen molar-refractivity contribution in [1.82, 2.24) is 15.3 Å². The number of aromatic nitrogens is 2. The summed E-state index contributed by atoms with van der Waals surface area (Å²) in [5.41, 5.74) is 0.985. The predicted octanol–water partition coefficient (Wildman–Crippen LogP) is 3.69. The summed E-state index contributed by atoms with van der Waals surface area (Å²) < 4.78 is 5.51. The number of hydrogen-bond donors (Lipinski definition) is 2. The Kier molecular flexibility index (Phi) is 7.42. The van der Waals surface area contributed by atoms with Crippen LogP contribution in [0, 0.1) is 5.92 Å². The number of anilines is 3. The monoisotopic (exact) mass is 460 g/mol. The van der Waals surface area contributed by atoms with E-state index in [1.165, 1.54) is 12.8 Å². The van der Waals surface area contributed by atoms with Crippen LogP contribution in [0.5, 0.6) is 0 Å². The number of rotatable bonds is 5. The van der Waals surface area contributed by atoms with Crippen molar-refractivity contribution < 1.29 is 4.74 Å². The van der Waals surface area contributed by atoms with Gasteiger partial charge in [-0.1, -0.05) is 36.7 Å². The maximum absolute atomic E-state index is 6.24. The molecule has 31 heavy (non-hydrogen) atoms. The zero-order chi connectivity index (χ0) is 21.6. The van der Waals surface area contributed by atoms with Gasteiger partial charge in [0, 0.05) is 43.8 Å². The van der Waals surface area contributed by atoms with Crippen LogP contribution in [0.1, 0.15) is 25.3 Å². The molecule has 9 heteroatoms. The third-order valence-corrected chi connectivity index (χ3v) is 6.25. The molecule has 0 unspecified atom stereocenters. The minimum absolute atomic E-state index is 0.469. The van der Waals surface area contributed by atoms with Crippen LogP contribution in [-0.4, -0.2) is 54.5 Å². The summed E-state index contributed by atoms with van der Waals surface area (Å²) in [6.07, 6.45) is 2.44. The van der Waals surface area contributed by atoms with E-state index in [9.17, 15) is 0 Å². The molecule has 0 spiro atoms. The minimum Gasteiger partial charge on any atom is -0.378 e. The Morgan fingerprint density at radius 2 is 1.90 bits per heavy atom. The van der Waals surface area contributed by atoms with E-state index in [1.807, 2.05) is 24.3 Å². The molecule has 2 aromatic rings. The van der Waals surface area contributed by atoms with Crippen LogP contribution in [0.25, 0.3) is 0 Å². The van der Waals surface area contributed by atoms with Crippen LogP contribution in [0.15, 0.2) is 30.3 Å². The molecule has 4 rings (SSSR count). The number of hydrogen-bond acceptors (Lipinski definition) is 6. The van der Waals surface area contributed by atoms with Gasteiger partial charge in [-0.25, -0.2) is 0 Å². The van der Waals surface area contributed by atoms with E-state index < -0.39 is 0 Å². The summed E-state index contributed by atoms with van der Waals surface area (Å²) in [5, 5.41) is 7.56. The lowest BCUT2D eigenvalue weighted by molar-refractivity contribution is 0.122. The van der Waals surface area contributed by atoms with E-state index in [0.29, 0.717) is 41.8 Å². The lowest BCUT2D eigenvalue weighted by Crippen LogP contribution is -2.38. The molecule has 1 aromatic heterocycles. The van der Waals surface area contributed by atoms with Gasteiger partial charge in [0.15, 0.2) is 5.11 Å². The van der Waals surface area contributed by atoms with Crippen molar-refractivity contribution in [2.24, 2.45) is 5.92 Å². The van der Waals surface area contributed by atoms with Gasteiger partial charge in [0.1, 0.15) is 11.6 Å². The van der Waals surface area contributed by atoms with E-state index in [1.54, 1.807) is 0 Å². The van der Waals surface area contributed by atoms with Gasteiger partial charge < -0.3 is 25.2 Å². The zero-order valence-electron chi connectivity index (χ0n) is 17.8. The summed E-state index contributed by atoms with van der Waals surface area (Å²) in [5.74, 6) is 3.02. The zero-order valence-corrected chi connectivity index (χ0v) is 19.4. The van der Waals surface area contributed by atoms with E-state index in [0.717, 1.165) is 43.4 Å². The van der Waals surface area contributed by atoms with Crippen LogP contribution >= 0.6 is 23.8 Å². The molecule has 0 bridgehead atoms. The summed E-state index contributed by atoms with van der Waals surface area (Å²) >= 11 is 11.7. The Morgan fingerprint density at radius 1 is 1.16 bits per heavy atom. The first-order chi connectivity index (χ1) is 15.1. The smallest absolute Gasteiger partial charge is 0.232 e. The number of thiocarbonyl (C=S) groups is 1. The third kappa shape index (κ3) is 5.96. The molecule has 2 aliphatic rings. The highest BCUT2D eigenvalue weighted by Crippen LogP contribution is 2.26. The Hall–Kier alpha value is -2.16. The van der Waals surface area contributed by atoms with Crippen LogP contribution in [0.4, 0.5) is 17.6 Å². The maximum Gasteiger partial charge on any atom is 0.232 e. The Morgan fingerprint density at radius 3 is 2.65 bits per heavy atom. The predicted molar refractivity (Wildman–Crippen MR) is 130 cm³/mol. The second-order valence-corrected chi connectivity index (χ2v) is 8.92. The lowest BCUT2D eigenvalue weighted by Gasteiger charge is -2.33. The summed E-state index contributed by atoms with van der Waals surface area (Å²) in [7, 11) is 0. The fourth-order valence-corrected chi connectivity index (χ4v) is 4.32. The third-order valence-electron chi connectivity index (χ3n) is 5.64. The highest BCUT2D eigenvalue weighted by molar-refractivity contribution is 7.80. The van der Waals surface area contributed by atoms with E-state index in [2.05, 4.69) is 33.4 Å². The molecule has 0 aliphatic carbocycles. The van der Waals surface area contributed by atoms with Gasteiger partial charge in [-0.3, -0.25) is 0 Å². The van der Waals surface area contributed by atoms with Crippen LogP contribution in [-0.2, 0) is 11.3 Å². The van der Waals surface area contributed by atoms with Crippen molar-refractivity contribution in [3.8, 4) is 0 Å². The number of nitrogens with zero attached hydrogens (tertiary/aromatic N) is 4. The average Bonchev–Trinajstić information content (AvgIpc) is 2.79. The molecule has 1 aromatic carbocycles. The number of benzene rings is 1. The fraction of sp³-hybridized carbons (Fsp3) is 0.500. The van der Waals surface area contributed by atoms with Gasteiger partial charge in [-0.15, -0.1) is 0 Å². The topological polar surface area (TPSA) is 65.6 Å². The first kappa shape index (κ1) is 22.0. The molecule has 2 N–H and O–H groups in total. The Balaban J connectivity index is 1.50. The minimum atomic E-state index is 0.469. The number of nitrogens with one attached hydrogen (secondary N) is 2. The Labute approximate surface area is 194 Å². The summed E-state index contributed by atoms with van der Waals surface area (Å²) in [4.78, 5) is 14.1. The van der Waals surface area contributed by atoms with Gasteiger partial charge in [-0.2, -0.15) is 9.97 Å². The summed E-state index contributed by atoms with van der Waals surface area (Å²) in [6.45, 7) is 7.91. The van der Waals surface area contributed by atoms with Gasteiger partial charge >= 0.3 is 0 Å². The SMILES string of the molecule is C[C@@H]1CCCN(c2cc(N3CCOCC3)nc(NC(=S)NCc3ccccc3Cl)n2)C1. The second-order valence-electron chi connectivity index (χ2n) is 8.10. The molecule has 0 saturated carbocycles. The van der Waals surface area contributed by atoms with Gasteiger partial charge in [0.05, 0.1) is 13.2 Å². The molecule has 7 nitrogen and oxygen atoms in total. The first-order valence-corrected chi connectivity index (χ1v) is 11.6. The van der Waals surface area contributed by atoms with Crippen molar-refractivity contribution in [2.45, 2.75) is 26.3 Å². The second kappa shape index (κ2) is 10.4. The van der Waals surface area contributed by atoms with Crippen LogP contribution in [0.2, 0.25) is 5.02 Å². The molecule has 166 valence electrons. The maximum atomic E-state index is 6.24. The van der Waals surface area contributed by atoms with Crippen molar-refractivity contribution in [3.05, 3.63) is 40.9 Å². The molecular formula is C22H29ClN6OS.